The number of hydrogen-bond donors (Lipinski definition) is 1. The molecule has 1 aliphatic rings. The third-order valence-electron chi connectivity index (χ3n) is 3.25. The molecule has 1 N–H and O–H groups in total. The first-order valence-electron chi connectivity index (χ1n) is 5.78. The SMILES string of the molecule is Cc1nc(C2CCC(F)(F)C2)ncc1C(C)O. The fourth-order valence-corrected chi connectivity index (χ4v) is 2.27. The molecule has 1 heterocycles. The van der Waals surface area contributed by atoms with E-state index in [1.54, 1.807) is 20.0 Å². The van der Waals surface area contributed by atoms with Crippen LogP contribution in [0.4, 0.5) is 8.78 Å². The van der Waals surface area contributed by atoms with E-state index in [1.807, 2.05) is 0 Å². The summed E-state index contributed by atoms with van der Waals surface area (Å²) in [4.78, 5) is 8.34. The van der Waals surface area contributed by atoms with E-state index in [0.29, 0.717) is 23.5 Å². The molecule has 2 unspecified atom stereocenters. The molecule has 2 rings (SSSR count). The molecule has 17 heavy (non-hydrogen) atoms. The first-order valence-corrected chi connectivity index (χ1v) is 5.78. The molecular weight excluding hydrogens is 226 g/mol. The minimum absolute atomic E-state index is 0.0851. The fraction of sp³-hybridized carbons (Fsp3) is 0.667. The van der Waals surface area contributed by atoms with E-state index in [-0.39, 0.29) is 18.8 Å². The quantitative estimate of drug-likeness (QED) is 0.867. The molecule has 0 bridgehead atoms. The van der Waals surface area contributed by atoms with Gasteiger partial charge >= 0.3 is 0 Å². The molecule has 1 saturated carbocycles. The van der Waals surface area contributed by atoms with Crippen LogP contribution in [-0.2, 0) is 0 Å². The van der Waals surface area contributed by atoms with Crippen molar-refractivity contribution in [1.29, 1.82) is 0 Å². The highest BCUT2D eigenvalue weighted by atomic mass is 19.3. The Kier molecular flexibility index (Phi) is 3.12. The number of aliphatic hydroxyl groups excluding tert-OH is 1. The van der Waals surface area contributed by atoms with Gasteiger partial charge in [0.15, 0.2) is 0 Å². The Bertz CT molecular complexity index is 421. The third-order valence-corrected chi connectivity index (χ3v) is 3.25. The molecule has 2 atom stereocenters. The maximum absolute atomic E-state index is 13.1. The number of nitrogens with zero attached hydrogens (tertiary/aromatic N) is 2. The number of aliphatic hydroxyl groups is 1. The maximum atomic E-state index is 13.1. The molecule has 0 aromatic carbocycles. The van der Waals surface area contributed by atoms with E-state index >= 15 is 0 Å². The predicted molar refractivity (Wildman–Crippen MR) is 58.9 cm³/mol. The number of halogens is 2. The van der Waals surface area contributed by atoms with Gasteiger partial charge in [0, 0.05) is 36.2 Å². The second-order valence-electron chi connectivity index (χ2n) is 4.74. The van der Waals surface area contributed by atoms with Crippen molar-refractivity contribution in [1.82, 2.24) is 9.97 Å². The lowest BCUT2D eigenvalue weighted by Crippen LogP contribution is -2.11. The largest absolute Gasteiger partial charge is 0.389 e. The molecule has 0 aliphatic heterocycles. The van der Waals surface area contributed by atoms with Crippen LogP contribution in [0.2, 0.25) is 0 Å². The zero-order valence-electron chi connectivity index (χ0n) is 9.95. The highest BCUT2D eigenvalue weighted by molar-refractivity contribution is 5.19. The summed E-state index contributed by atoms with van der Waals surface area (Å²) in [5.41, 5.74) is 1.32. The lowest BCUT2D eigenvalue weighted by atomic mass is 10.1. The first kappa shape index (κ1) is 12.4. The predicted octanol–water partition coefficient (Wildman–Crippen LogP) is 2.74. The van der Waals surface area contributed by atoms with E-state index in [4.69, 9.17) is 0 Å². The van der Waals surface area contributed by atoms with Crippen LogP contribution in [-0.4, -0.2) is 21.0 Å². The van der Waals surface area contributed by atoms with Gasteiger partial charge < -0.3 is 5.11 Å². The van der Waals surface area contributed by atoms with E-state index < -0.39 is 12.0 Å². The van der Waals surface area contributed by atoms with Crippen molar-refractivity contribution in [2.45, 2.75) is 51.1 Å². The number of rotatable bonds is 2. The van der Waals surface area contributed by atoms with Gasteiger partial charge in [0.2, 0.25) is 5.92 Å². The maximum Gasteiger partial charge on any atom is 0.248 e. The highest BCUT2D eigenvalue weighted by Crippen LogP contribution is 2.43. The number of alkyl halides is 2. The minimum atomic E-state index is -2.58. The van der Waals surface area contributed by atoms with Crippen molar-refractivity contribution < 1.29 is 13.9 Å². The Morgan fingerprint density at radius 2 is 2.24 bits per heavy atom. The second kappa shape index (κ2) is 4.29. The monoisotopic (exact) mass is 242 g/mol. The number of hydrogen-bond acceptors (Lipinski definition) is 3. The Balaban J connectivity index is 2.21. The topological polar surface area (TPSA) is 46.0 Å². The standard InChI is InChI=1S/C12H16F2N2O/c1-7-10(8(2)17)6-15-11(16-7)9-3-4-12(13,14)5-9/h6,8-9,17H,3-5H2,1-2H3. The molecule has 1 aromatic heterocycles. The zero-order valence-corrected chi connectivity index (χ0v) is 9.95. The number of aryl methyl sites for hydroxylation is 1. The summed E-state index contributed by atoms with van der Waals surface area (Å²) in [6.45, 7) is 3.40. The first-order chi connectivity index (χ1) is 7.89. The van der Waals surface area contributed by atoms with Crippen molar-refractivity contribution in [3.63, 3.8) is 0 Å². The van der Waals surface area contributed by atoms with Crippen LogP contribution in [0.5, 0.6) is 0 Å². The number of aromatic nitrogens is 2. The van der Waals surface area contributed by atoms with Gasteiger partial charge in [-0.25, -0.2) is 18.7 Å². The van der Waals surface area contributed by atoms with Gasteiger partial charge in [-0.15, -0.1) is 0 Å². The zero-order chi connectivity index (χ0) is 12.6. The Labute approximate surface area is 98.9 Å². The molecular formula is C12H16F2N2O. The normalized spacial score (nSPS) is 24.9. The molecule has 0 spiro atoms. The summed E-state index contributed by atoms with van der Waals surface area (Å²) < 4.78 is 26.2. The van der Waals surface area contributed by atoms with Gasteiger partial charge in [-0.1, -0.05) is 0 Å². The molecule has 1 aromatic rings. The van der Waals surface area contributed by atoms with Crippen molar-refractivity contribution in [2.75, 3.05) is 0 Å². The molecule has 0 radical (unpaired) electrons. The lowest BCUT2D eigenvalue weighted by molar-refractivity contribution is 0.00752. The summed E-state index contributed by atoms with van der Waals surface area (Å²) in [5.74, 6) is -2.36. The van der Waals surface area contributed by atoms with Crippen molar-refractivity contribution >= 4 is 0 Å². The Morgan fingerprint density at radius 1 is 1.53 bits per heavy atom. The molecule has 1 aliphatic carbocycles. The minimum Gasteiger partial charge on any atom is -0.389 e. The Hall–Kier alpha value is -1.10. The molecule has 0 amide bonds. The molecule has 5 heteroatoms. The van der Waals surface area contributed by atoms with Crippen molar-refractivity contribution in [3.05, 3.63) is 23.3 Å². The average molecular weight is 242 g/mol. The second-order valence-corrected chi connectivity index (χ2v) is 4.74. The average Bonchev–Trinajstić information content (AvgIpc) is 2.58. The van der Waals surface area contributed by atoms with Crippen LogP contribution in [0.25, 0.3) is 0 Å². The molecule has 94 valence electrons. The van der Waals surface area contributed by atoms with Crippen LogP contribution in [0, 0.1) is 6.92 Å². The van der Waals surface area contributed by atoms with Gasteiger partial charge in [-0.05, 0) is 20.3 Å². The van der Waals surface area contributed by atoms with Gasteiger partial charge in [0.25, 0.3) is 0 Å². The summed E-state index contributed by atoms with van der Waals surface area (Å²) >= 11 is 0. The highest BCUT2D eigenvalue weighted by Gasteiger charge is 2.41. The fourth-order valence-electron chi connectivity index (χ4n) is 2.27. The van der Waals surface area contributed by atoms with E-state index in [2.05, 4.69) is 9.97 Å². The summed E-state index contributed by atoms with van der Waals surface area (Å²) in [5, 5.41) is 9.44. The van der Waals surface area contributed by atoms with Gasteiger partial charge in [-0.3, -0.25) is 0 Å². The van der Waals surface area contributed by atoms with E-state index in [9.17, 15) is 13.9 Å². The summed E-state index contributed by atoms with van der Waals surface area (Å²) in [6.07, 6.45) is 1.09. The molecule has 0 saturated heterocycles. The van der Waals surface area contributed by atoms with Gasteiger partial charge in [0.05, 0.1) is 6.10 Å². The van der Waals surface area contributed by atoms with Crippen LogP contribution in [0.15, 0.2) is 6.20 Å². The lowest BCUT2D eigenvalue weighted by Gasteiger charge is -2.13. The van der Waals surface area contributed by atoms with Crippen molar-refractivity contribution in [3.8, 4) is 0 Å². The van der Waals surface area contributed by atoms with Crippen LogP contribution >= 0.6 is 0 Å². The van der Waals surface area contributed by atoms with E-state index in [0.717, 1.165) is 0 Å². The Morgan fingerprint density at radius 3 is 2.71 bits per heavy atom. The smallest absolute Gasteiger partial charge is 0.248 e. The van der Waals surface area contributed by atoms with E-state index in [1.165, 1.54) is 0 Å². The van der Waals surface area contributed by atoms with Crippen molar-refractivity contribution in [2.24, 2.45) is 0 Å². The third kappa shape index (κ3) is 2.60. The van der Waals surface area contributed by atoms with Crippen LogP contribution in [0.3, 0.4) is 0 Å². The van der Waals surface area contributed by atoms with Crippen LogP contribution < -0.4 is 0 Å². The summed E-state index contributed by atoms with van der Waals surface area (Å²) in [7, 11) is 0. The van der Waals surface area contributed by atoms with Gasteiger partial charge in [0.1, 0.15) is 5.82 Å². The molecule has 3 nitrogen and oxygen atoms in total. The van der Waals surface area contributed by atoms with Crippen LogP contribution in [0.1, 0.15) is 55.3 Å². The molecule has 1 fully saturated rings. The summed E-state index contributed by atoms with van der Waals surface area (Å²) in [6, 6.07) is 0. The van der Waals surface area contributed by atoms with Gasteiger partial charge in [-0.2, -0.15) is 0 Å².